The second-order valence-electron chi connectivity index (χ2n) is 3.76. The number of amides is 2. The molecule has 20 heavy (non-hydrogen) atoms. The van der Waals surface area contributed by atoms with Gasteiger partial charge in [-0.1, -0.05) is 0 Å². The van der Waals surface area contributed by atoms with Crippen LogP contribution in [0.3, 0.4) is 0 Å². The van der Waals surface area contributed by atoms with Crippen LogP contribution in [-0.4, -0.2) is 33.9 Å². The summed E-state index contributed by atoms with van der Waals surface area (Å²) in [6.07, 6.45) is -0.422. The molecule has 0 radical (unpaired) electrons. The number of hydrogen-bond acceptors (Lipinski definition) is 6. The van der Waals surface area contributed by atoms with E-state index in [-0.39, 0.29) is 12.8 Å². The minimum Gasteiger partial charge on any atom is -0.480 e. The largest absolute Gasteiger partial charge is 0.480 e. The fraction of sp³-hybridized carbons (Fsp3) is 0.300. The van der Waals surface area contributed by atoms with E-state index in [0.717, 1.165) is 12.1 Å². The standard InChI is InChI=1S/C10H11N3O7/c11-7(14)3-1-5(10(16)17)12-9(15)6-2-4-8(20-6)13(18)19/h2,4-5H,1,3H2,(H2,11,14)(H,12,15)(H,16,17)/t5-/m0/s1. The van der Waals surface area contributed by atoms with Crippen LogP contribution in [0.1, 0.15) is 23.4 Å². The molecule has 4 N–H and O–H groups in total. The topological polar surface area (TPSA) is 166 Å². The third-order valence-electron chi connectivity index (χ3n) is 2.28. The Morgan fingerprint density at radius 2 is 2.10 bits per heavy atom. The van der Waals surface area contributed by atoms with Crippen LogP contribution in [0.4, 0.5) is 5.88 Å². The number of nitro groups is 1. The molecule has 1 atom stereocenters. The number of rotatable bonds is 7. The van der Waals surface area contributed by atoms with Gasteiger partial charge in [0.15, 0.2) is 5.76 Å². The van der Waals surface area contributed by atoms with E-state index in [9.17, 15) is 24.5 Å². The fourth-order valence-electron chi connectivity index (χ4n) is 1.32. The zero-order chi connectivity index (χ0) is 15.3. The molecule has 0 fully saturated rings. The number of aliphatic carboxylic acids is 1. The minimum atomic E-state index is -1.36. The summed E-state index contributed by atoms with van der Waals surface area (Å²) < 4.78 is 4.62. The summed E-state index contributed by atoms with van der Waals surface area (Å²) in [5, 5.41) is 21.3. The van der Waals surface area contributed by atoms with Gasteiger partial charge in [0.05, 0.1) is 6.07 Å². The summed E-state index contributed by atoms with van der Waals surface area (Å²) in [5.74, 6) is -4.05. The number of carbonyl (C=O) groups excluding carboxylic acids is 2. The van der Waals surface area contributed by atoms with Crippen molar-refractivity contribution in [1.29, 1.82) is 0 Å². The highest BCUT2D eigenvalue weighted by Gasteiger charge is 2.24. The fourth-order valence-corrected chi connectivity index (χ4v) is 1.32. The lowest BCUT2D eigenvalue weighted by molar-refractivity contribution is -0.402. The molecule has 1 aromatic heterocycles. The van der Waals surface area contributed by atoms with Crippen molar-refractivity contribution in [1.82, 2.24) is 5.32 Å². The number of hydrogen-bond donors (Lipinski definition) is 3. The van der Waals surface area contributed by atoms with E-state index in [2.05, 4.69) is 9.73 Å². The molecule has 0 saturated carbocycles. The lowest BCUT2D eigenvalue weighted by Gasteiger charge is -2.12. The van der Waals surface area contributed by atoms with Crippen molar-refractivity contribution in [3.63, 3.8) is 0 Å². The summed E-state index contributed by atoms with van der Waals surface area (Å²) in [6, 6.07) is 0.660. The molecule has 1 heterocycles. The van der Waals surface area contributed by atoms with Crippen molar-refractivity contribution >= 4 is 23.7 Å². The lowest BCUT2D eigenvalue weighted by Crippen LogP contribution is -2.41. The maximum absolute atomic E-state index is 11.6. The smallest absolute Gasteiger partial charge is 0.433 e. The zero-order valence-electron chi connectivity index (χ0n) is 10.1. The number of nitrogens with zero attached hydrogens (tertiary/aromatic N) is 1. The quantitative estimate of drug-likeness (QED) is 0.454. The Morgan fingerprint density at radius 3 is 2.55 bits per heavy atom. The highest BCUT2D eigenvalue weighted by atomic mass is 16.6. The van der Waals surface area contributed by atoms with E-state index in [4.69, 9.17) is 10.8 Å². The van der Waals surface area contributed by atoms with Gasteiger partial charge in [0.1, 0.15) is 11.0 Å². The minimum absolute atomic E-state index is 0.195. The molecule has 0 saturated heterocycles. The molecule has 0 unspecified atom stereocenters. The van der Waals surface area contributed by atoms with Crippen molar-refractivity contribution in [2.75, 3.05) is 0 Å². The van der Waals surface area contributed by atoms with E-state index in [1.54, 1.807) is 0 Å². The molecule has 1 aromatic rings. The lowest BCUT2D eigenvalue weighted by atomic mass is 10.1. The van der Waals surface area contributed by atoms with E-state index < -0.39 is 40.4 Å². The van der Waals surface area contributed by atoms with Gasteiger partial charge >= 0.3 is 11.9 Å². The van der Waals surface area contributed by atoms with Crippen LogP contribution in [-0.2, 0) is 9.59 Å². The Bertz CT molecular complexity index is 551. The first-order valence-electron chi connectivity index (χ1n) is 5.37. The zero-order valence-corrected chi connectivity index (χ0v) is 10.1. The molecule has 108 valence electrons. The van der Waals surface area contributed by atoms with Crippen molar-refractivity contribution in [3.8, 4) is 0 Å². The highest BCUT2D eigenvalue weighted by molar-refractivity contribution is 5.94. The molecule has 10 heteroatoms. The van der Waals surface area contributed by atoms with Crippen LogP contribution < -0.4 is 11.1 Å². The van der Waals surface area contributed by atoms with Gasteiger partial charge in [-0.25, -0.2) is 4.79 Å². The van der Waals surface area contributed by atoms with E-state index in [0.29, 0.717) is 0 Å². The normalized spacial score (nSPS) is 11.6. The predicted octanol–water partition coefficient (Wildman–Crippen LogP) is -0.364. The second-order valence-corrected chi connectivity index (χ2v) is 3.76. The van der Waals surface area contributed by atoms with Crippen LogP contribution in [0, 0.1) is 10.1 Å². The van der Waals surface area contributed by atoms with E-state index in [1.165, 1.54) is 0 Å². The molecule has 0 aliphatic rings. The average molecular weight is 285 g/mol. The number of nitrogens with two attached hydrogens (primary N) is 1. The van der Waals surface area contributed by atoms with Crippen LogP contribution >= 0.6 is 0 Å². The summed E-state index contributed by atoms with van der Waals surface area (Å²) >= 11 is 0. The first-order valence-corrected chi connectivity index (χ1v) is 5.37. The Morgan fingerprint density at radius 1 is 1.45 bits per heavy atom. The van der Waals surface area contributed by atoms with Crippen LogP contribution in [0.2, 0.25) is 0 Å². The van der Waals surface area contributed by atoms with E-state index >= 15 is 0 Å². The highest BCUT2D eigenvalue weighted by Crippen LogP contribution is 2.15. The van der Waals surface area contributed by atoms with Crippen molar-refractivity contribution in [3.05, 3.63) is 28.0 Å². The van der Waals surface area contributed by atoms with Gasteiger partial charge in [-0.3, -0.25) is 19.7 Å². The number of furan rings is 1. The van der Waals surface area contributed by atoms with Gasteiger partial charge < -0.3 is 20.6 Å². The molecule has 0 bridgehead atoms. The van der Waals surface area contributed by atoms with Crippen LogP contribution in [0.15, 0.2) is 16.5 Å². The molecular weight excluding hydrogens is 274 g/mol. The Balaban J connectivity index is 2.72. The molecule has 0 aliphatic heterocycles. The Kier molecular flexibility index (Phi) is 4.78. The third kappa shape index (κ3) is 4.08. The average Bonchev–Trinajstić information content (AvgIpc) is 2.83. The molecule has 2 amide bonds. The molecule has 10 nitrogen and oxygen atoms in total. The maximum Gasteiger partial charge on any atom is 0.433 e. The molecule has 0 aromatic carbocycles. The van der Waals surface area contributed by atoms with Crippen molar-refractivity contribution in [2.45, 2.75) is 18.9 Å². The number of carboxylic acid groups (broad SMARTS) is 1. The first kappa shape index (κ1) is 15.1. The van der Waals surface area contributed by atoms with Crippen molar-refractivity contribution in [2.24, 2.45) is 5.73 Å². The van der Waals surface area contributed by atoms with Gasteiger partial charge in [-0.15, -0.1) is 0 Å². The molecular formula is C10H11N3O7. The summed E-state index contributed by atoms with van der Waals surface area (Å²) in [7, 11) is 0. The summed E-state index contributed by atoms with van der Waals surface area (Å²) in [5.41, 5.74) is 4.88. The van der Waals surface area contributed by atoms with Gasteiger partial charge in [0.25, 0.3) is 5.91 Å². The maximum atomic E-state index is 11.6. The van der Waals surface area contributed by atoms with Gasteiger partial charge in [-0.2, -0.15) is 0 Å². The number of nitrogens with one attached hydrogen (secondary N) is 1. The number of carboxylic acids is 1. The van der Waals surface area contributed by atoms with Crippen molar-refractivity contribution < 1.29 is 28.8 Å². The number of primary amides is 1. The van der Waals surface area contributed by atoms with Gasteiger partial charge in [0, 0.05) is 6.42 Å². The Hall–Kier alpha value is -2.91. The van der Waals surface area contributed by atoms with Crippen LogP contribution in [0.25, 0.3) is 0 Å². The molecule has 1 rings (SSSR count). The Labute approximate surface area is 111 Å². The third-order valence-corrected chi connectivity index (χ3v) is 2.28. The van der Waals surface area contributed by atoms with Gasteiger partial charge in [-0.05, 0) is 12.5 Å². The molecule has 0 aliphatic carbocycles. The number of carbonyl (C=O) groups is 3. The van der Waals surface area contributed by atoms with Crippen LogP contribution in [0.5, 0.6) is 0 Å². The monoisotopic (exact) mass is 285 g/mol. The first-order chi connectivity index (χ1) is 9.31. The summed E-state index contributed by atoms with van der Waals surface area (Å²) in [4.78, 5) is 42.6. The SMILES string of the molecule is NC(=O)CC[C@H](NC(=O)c1ccc([N+](=O)[O-])o1)C(=O)O. The summed E-state index contributed by atoms with van der Waals surface area (Å²) in [6.45, 7) is 0. The van der Waals surface area contributed by atoms with Gasteiger partial charge in [0.2, 0.25) is 5.91 Å². The van der Waals surface area contributed by atoms with E-state index in [1.807, 2.05) is 0 Å². The molecule has 0 spiro atoms. The second kappa shape index (κ2) is 6.31. The predicted molar refractivity (Wildman–Crippen MR) is 62.7 cm³/mol.